The molecule has 1 heterocycles. The highest BCUT2D eigenvalue weighted by molar-refractivity contribution is 7.47. The number of nitrogens with one attached hydrogen (secondary N) is 3. The number of rotatable bonds is 54. The molecule has 1 aliphatic heterocycles. The molecule has 21 heteroatoms. The molecule has 82 heavy (non-hydrogen) atoms. The van der Waals surface area contributed by atoms with E-state index in [9.17, 15) is 43.0 Å². The number of phosphoric ester groups is 1. The number of phosphoric acid groups is 1. The van der Waals surface area contributed by atoms with Crippen molar-refractivity contribution in [3.8, 4) is 0 Å². The Bertz CT molecular complexity index is 2010. The molecule has 0 saturated carbocycles. The number of carbonyl (C=O) groups is 7. The zero-order chi connectivity index (χ0) is 59.6. The number of amides is 5. The molecule has 0 bridgehead atoms. The van der Waals surface area contributed by atoms with Crippen molar-refractivity contribution >= 4 is 55.7 Å². The molecule has 0 aliphatic carbocycles. The summed E-state index contributed by atoms with van der Waals surface area (Å²) in [6.45, 7) is 3.09. The molecule has 2 atom stereocenters. The molecule has 0 spiro atoms. The lowest BCUT2D eigenvalue weighted by Gasteiger charge is -2.20. The van der Waals surface area contributed by atoms with Crippen molar-refractivity contribution in [1.82, 2.24) is 21.0 Å². The first kappa shape index (κ1) is 73.1. The van der Waals surface area contributed by atoms with E-state index in [1.165, 1.54) is 147 Å². The molecule has 1 aliphatic rings. The van der Waals surface area contributed by atoms with E-state index in [4.69, 9.17) is 28.0 Å². The summed E-state index contributed by atoms with van der Waals surface area (Å²) in [5, 5.41) is 8.95. The molecule has 0 fully saturated rings. The van der Waals surface area contributed by atoms with Crippen LogP contribution >= 0.6 is 7.82 Å². The standard InChI is InChI=1S/C61H102N5O15P/c1-3-5-7-9-11-13-15-17-19-21-23-25-27-29-31-33-58(70)78-50-54(81-59(71)34-32-30-28-26-24-22-20-18-16-14-12-10-8-6-4-2)51-80-82(74,75)79-46-43-63-61(73)77-48-47-76-45-42-62-60(72)53-37-35-52(36-38-53)49-64-65-55(67)41-44-66-56(68)39-40-57(66)69/h35-40,49,54H,3-34,41-48,50-51H2,1-2H3,(H,62,72)(H,63,73)(H,65,67)(H,74,75)/b64-49+/t54-/m1/s1. The zero-order valence-electron chi connectivity index (χ0n) is 49.8. The molecular weight excluding hydrogens is 1070 g/mol. The number of nitrogens with zero attached hydrogens (tertiary/aromatic N) is 2. The Kier molecular flexibility index (Phi) is 44.1. The van der Waals surface area contributed by atoms with E-state index >= 15 is 0 Å². The summed E-state index contributed by atoms with van der Waals surface area (Å²) in [5.74, 6) is -2.75. The van der Waals surface area contributed by atoms with Gasteiger partial charge in [-0.25, -0.2) is 14.8 Å². The first-order valence-electron chi connectivity index (χ1n) is 31.0. The topological polar surface area (TPSA) is 264 Å². The summed E-state index contributed by atoms with van der Waals surface area (Å²) in [6.07, 6.45) is 38.1. The Morgan fingerprint density at radius 2 is 1.04 bits per heavy atom. The van der Waals surface area contributed by atoms with Gasteiger partial charge in [0, 0.05) is 56.6 Å². The minimum absolute atomic E-state index is 0.0236. The van der Waals surface area contributed by atoms with Crippen LogP contribution in [0.15, 0.2) is 41.5 Å². The summed E-state index contributed by atoms with van der Waals surface area (Å²) >= 11 is 0. The van der Waals surface area contributed by atoms with Gasteiger partial charge in [0.25, 0.3) is 17.7 Å². The normalized spacial score (nSPS) is 13.3. The highest BCUT2D eigenvalue weighted by Crippen LogP contribution is 2.43. The van der Waals surface area contributed by atoms with Gasteiger partial charge >= 0.3 is 25.9 Å². The van der Waals surface area contributed by atoms with Gasteiger partial charge in [-0.1, -0.05) is 206 Å². The summed E-state index contributed by atoms with van der Waals surface area (Å²) < 4.78 is 44.4. The van der Waals surface area contributed by atoms with Crippen LogP contribution < -0.4 is 16.1 Å². The SMILES string of the molecule is CCCCCCCCCCCCCCCCCC(=O)OC[C@H](COP(=O)(O)OCCNC(=O)OCCOCCNC(=O)c1ccc(/C=N/NC(=O)CCN2C(=O)C=CC2=O)cc1)OC(=O)CCCCCCCCCCCCCCCCC. The van der Waals surface area contributed by atoms with Crippen LogP contribution in [0.25, 0.3) is 0 Å². The summed E-state index contributed by atoms with van der Waals surface area (Å²) in [6, 6.07) is 6.39. The molecule has 1 aromatic carbocycles. The fraction of sp³-hybridized carbons (Fsp3) is 0.738. The summed E-state index contributed by atoms with van der Waals surface area (Å²) in [7, 11) is -4.69. The lowest BCUT2D eigenvalue weighted by Crippen LogP contribution is -2.33. The Morgan fingerprint density at radius 1 is 0.561 bits per heavy atom. The maximum Gasteiger partial charge on any atom is 0.472 e. The van der Waals surface area contributed by atoms with Gasteiger partial charge in [-0.2, -0.15) is 5.10 Å². The second-order valence-corrected chi connectivity index (χ2v) is 22.5. The summed E-state index contributed by atoms with van der Waals surface area (Å²) in [4.78, 5) is 96.8. The second kappa shape index (κ2) is 49.4. The van der Waals surface area contributed by atoms with Gasteiger partial charge in [0.15, 0.2) is 6.10 Å². The number of esters is 2. The van der Waals surface area contributed by atoms with E-state index < -0.39 is 62.9 Å². The average molecular weight is 1180 g/mol. The molecule has 0 aromatic heterocycles. The van der Waals surface area contributed by atoms with Gasteiger partial charge in [0.1, 0.15) is 13.2 Å². The Morgan fingerprint density at radius 3 is 1.55 bits per heavy atom. The van der Waals surface area contributed by atoms with E-state index in [0.717, 1.165) is 55.6 Å². The van der Waals surface area contributed by atoms with Crippen molar-refractivity contribution in [2.24, 2.45) is 5.10 Å². The minimum atomic E-state index is -4.69. The van der Waals surface area contributed by atoms with Gasteiger partial charge < -0.3 is 34.5 Å². The van der Waals surface area contributed by atoms with Gasteiger partial charge in [-0.05, 0) is 30.5 Å². The van der Waals surface area contributed by atoms with Crippen LogP contribution in [0.3, 0.4) is 0 Å². The number of alkyl carbamates (subject to hydrolysis) is 1. The van der Waals surface area contributed by atoms with E-state index in [1.807, 2.05) is 0 Å². The number of hydrogen-bond acceptors (Lipinski definition) is 15. The quantitative estimate of drug-likeness (QED) is 0.00899. The van der Waals surface area contributed by atoms with Crippen molar-refractivity contribution in [3.05, 3.63) is 47.5 Å². The van der Waals surface area contributed by atoms with Crippen molar-refractivity contribution < 1.29 is 71.0 Å². The van der Waals surface area contributed by atoms with Crippen LogP contribution in [0.1, 0.15) is 242 Å². The fourth-order valence-corrected chi connectivity index (χ4v) is 9.69. The Balaban J connectivity index is 1.63. The van der Waals surface area contributed by atoms with Crippen molar-refractivity contribution in [2.45, 2.75) is 232 Å². The molecule has 1 aromatic rings. The van der Waals surface area contributed by atoms with Crippen LogP contribution in [-0.4, -0.2) is 123 Å². The molecule has 5 amide bonds. The van der Waals surface area contributed by atoms with E-state index in [-0.39, 0.29) is 71.2 Å². The smallest absolute Gasteiger partial charge is 0.462 e. The number of hydrazone groups is 1. The number of imide groups is 1. The Labute approximate surface area is 489 Å². The predicted molar refractivity (Wildman–Crippen MR) is 317 cm³/mol. The third-order valence-corrected chi connectivity index (χ3v) is 14.8. The molecule has 1 unspecified atom stereocenters. The van der Waals surface area contributed by atoms with Crippen LogP contribution in [0.4, 0.5) is 4.79 Å². The van der Waals surface area contributed by atoms with E-state index in [0.29, 0.717) is 24.0 Å². The van der Waals surface area contributed by atoms with Crippen LogP contribution in [0.5, 0.6) is 0 Å². The molecule has 0 saturated heterocycles. The number of carbonyl (C=O) groups excluding carboxylic acids is 7. The van der Waals surface area contributed by atoms with Crippen molar-refractivity contribution in [1.29, 1.82) is 0 Å². The number of benzene rings is 1. The third-order valence-electron chi connectivity index (χ3n) is 13.8. The predicted octanol–water partition coefficient (Wildman–Crippen LogP) is 12.0. The fourth-order valence-electron chi connectivity index (χ4n) is 8.93. The van der Waals surface area contributed by atoms with E-state index in [2.05, 4.69) is 35.0 Å². The van der Waals surface area contributed by atoms with Gasteiger partial charge in [0.05, 0.1) is 32.6 Å². The molecule has 4 N–H and O–H groups in total. The number of unbranched alkanes of at least 4 members (excludes halogenated alkanes) is 28. The van der Waals surface area contributed by atoms with Crippen LogP contribution in [0, 0.1) is 0 Å². The maximum absolute atomic E-state index is 12.9. The second-order valence-electron chi connectivity index (χ2n) is 21.0. The first-order valence-corrected chi connectivity index (χ1v) is 32.5. The van der Waals surface area contributed by atoms with Crippen molar-refractivity contribution in [3.63, 3.8) is 0 Å². The zero-order valence-corrected chi connectivity index (χ0v) is 50.7. The summed E-state index contributed by atoms with van der Waals surface area (Å²) in [5.41, 5.74) is 3.29. The highest BCUT2D eigenvalue weighted by atomic mass is 31.2. The van der Waals surface area contributed by atoms with E-state index in [1.54, 1.807) is 24.3 Å². The largest absolute Gasteiger partial charge is 0.472 e. The molecule has 20 nitrogen and oxygen atoms in total. The van der Waals surface area contributed by atoms with Gasteiger partial charge in [-0.3, -0.25) is 42.7 Å². The Hall–Kier alpha value is -5.01. The van der Waals surface area contributed by atoms with Crippen LogP contribution in [0.2, 0.25) is 0 Å². The molecule has 0 radical (unpaired) electrons. The monoisotopic (exact) mass is 1180 g/mol. The lowest BCUT2D eigenvalue weighted by molar-refractivity contribution is -0.161. The third kappa shape index (κ3) is 41.1. The van der Waals surface area contributed by atoms with Gasteiger partial charge in [0.2, 0.25) is 5.91 Å². The molecular formula is C61H102N5O15P. The molecule has 466 valence electrons. The van der Waals surface area contributed by atoms with Crippen molar-refractivity contribution in [2.75, 3.05) is 59.3 Å². The molecule has 2 rings (SSSR count). The highest BCUT2D eigenvalue weighted by Gasteiger charge is 2.27. The minimum Gasteiger partial charge on any atom is -0.462 e. The lowest BCUT2D eigenvalue weighted by atomic mass is 10.0. The first-order chi connectivity index (χ1) is 39.8. The number of hydrogen-bond donors (Lipinski definition) is 4. The van der Waals surface area contributed by atoms with Gasteiger partial charge in [-0.15, -0.1) is 0 Å². The number of ether oxygens (including phenoxy) is 4. The maximum atomic E-state index is 12.9. The average Bonchev–Trinajstić information content (AvgIpc) is 3.91. The van der Waals surface area contributed by atoms with Crippen LogP contribution in [-0.2, 0) is 56.5 Å².